The Hall–Kier alpha value is -6.05. The fraction of sp³-hybridized carbons (Fsp3) is 0.342. The summed E-state index contributed by atoms with van der Waals surface area (Å²) >= 11 is 0. The Kier molecular flexibility index (Phi) is 10.5. The van der Waals surface area contributed by atoms with Crippen LogP contribution < -0.4 is 5.32 Å². The summed E-state index contributed by atoms with van der Waals surface area (Å²) in [6.07, 6.45) is 0.794. The predicted molar refractivity (Wildman–Crippen MR) is 193 cm³/mol. The number of carboxylic acids is 4. The molecule has 52 heavy (non-hydrogen) atoms. The molecule has 0 saturated carbocycles. The molecule has 0 saturated heterocycles. The lowest BCUT2D eigenvalue weighted by molar-refractivity contribution is -0.147. The quantitative estimate of drug-likeness (QED) is 0.121. The molecule has 0 fully saturated rings. The molecule has 3 aromatic heterocycles. The number of carbonyl (C=O) groups is 5. The minimum Gasteiger partial charge on any atom is -0.481 e. The first-order valence-corrected chi connectivity index (χ1v) is 16.8. The van der Waals surface area contributed by atoms with Gasteiger partial charge in [-0.2, -0.15) is 0 Å². The van der Waals surface area contributed by atoms with Crippen LogP contribution in [0.1, 0.15) is 107 Å². The maximum atomic E-state index is 13.0. The SMILES string of the molecule is C=CC1=C(C)c2cc3nc(c(CC(=O)O)c4[nH]c(cc5[nH]c(cc1n2)c(C)c5CC)c(C)c4C(=O)O)[C@H](CCC(=O)NC(CC(=O)O)C(=O)O)C3C. The number of aromatic amines is 2. The zero-order valence-corrected chi connectivity index (χ0v) is 29.5. The lowest BCUT2D eigenvalue weighted by Crippen LogP contribution is -2.42. The summed E-state index contributed by atoms with van der Waals surface area (Å²) < 4.78 is 0. The molecule has 7 N–H and O–H groups in total. The average Bonchev–Trinajstić information content (AvgIpc) is 3.74. The van der Waals surface area contributed by atoms with E-state index in [1.165, 1.54) is 0 Å². The van der Waals surface area contributed by atoms with Gasteiger partial charge >= 0.3 is 23.9 Å². The Bertz CT molecular complexity index is 2240. The molecule has 3 aromatic rings. The van der Waals surface area contributed by atoms with Crippen molar-refractivity contribution in [1.82, 2.24) is 25.3 Å². The maximum absolute atomic E-state index is 13.0. The molecule has 2 aliphatic rings. The monoisotopic (exact) mass is 711 g/mol. The fourth-order valence-corrected chi connectivity index (χ4v) is 7.18. The van der Waals surface area contributed by atoms with Gasteiger partial charge in [0.1, 0.15) is 6.04 Å². The van der Waals surface area contributed by atoms with Crippen LogP contribution in [0.5, 0.6) is 0 Å². The van der Waals surface area contributed by atoms with Crippen molar-refractivity contribution in [2.75, 3.05) is 0 Å². The van der Waals surface area contributed by atoms with Crippen molar-refractivity contribution < 1.29 is 44.4 Å². The predicted octanol–water partition coefficient (Wildman–Crippen LogP) is 5.65. The van der Waals surface area contributed by atoms with E-state index in [-0.39, 0.29) is 35.2 Å². The van der Waals surface area contributed by atoms with Crippen LogP contribution in [0, 0.1) is 13.8 Å². The van der Waals surface area contributed by atoms with Crippen molar-refractivity contribution in [2.24, 2.45) is 0 Å². The topological polar surface area (TPSA) is 236 Å². The molecular formula is C38H41N5O9. The zero-order chi connectivity index (χ0) is 38.2. The molecule has 0 radical (unpaired) electrons. The van der Waals surface area contributed by atoms with Gasteiger partial charge in [-0.05, 0) is 74.1 Å². The second-order valence-electron chi connectivity index (χ2n) is 13.1. The highest BCUT2D eigenvalue weighted by Crippen LogP contribution is 2.43. The third kappa shape index (κ3) is 7.09. The molecule has 8 bridgehead atoms. The number of aromatic nitrogens is 4. The summed E-state index contributed by atoms with van der Waals surface area (Å²) in [4.78, 5) is 77.7. The number of amides is 1. The van der Waals surface area contributed by atoms with E-state index in [0.717, 1.165) is 33.3 Å². The molecule has 0 aliphatic carbocycles. The van der Waals surface area contributed by atoms with Crippen LogP contribution in [-0.2, 0) is 32.0 Å². The third-order valence-corrected chi connectivity index (χ3v) is 9.98. The number of aryl methyl sites for hydroxylation is 3. The summed E-state index contributed by atoms with van der Waals surface area (Å²) in [5.74, 6) is -7.17. The number of hydrogen-bond donors (Lipinski definition) is 7. The summed E-state index contributed by atoms with van der Waals surface area (Å²) in [7, 11) is 0. The van der Waals surface area contributed by atoms with Crippen molar-refractivity contribution >= 4 is 63.0 Å². The molecule has 2 aliphatic heterocycles. The number of allylic oxidation sites excluding steroid dienone is 3. The number of aliphatic carboxylic acids is 3. The van der Waals surface area contributed by atoms with Gasteiger partial charge in [-0.25, -0.2) is 14.6 Å². The molecule has 14 heteroatoms. The number of carbonyl (C=O) groups excluding carboxylic acids is 1. The molecule has 2 unspecified atom stereocenters. The number of H-pyrrole nitrogens is 2. The van der Waals surface area contributed by atoms with E-state index < -0.39 is 60.5 Å². The van der Waals surface area contributed by atoms with Gasteiger partial charge in [0, 0.05) is 51.6 Å². The molecule has 0 spiro atoms. The number of rotatable bonds is 12. The molecule has 272 valence electrons. The van der Waals surface area contributed by atoms with Crippen molar-refractivity contribution in [1.29, 1.82) is 0 Å². The number of hydrogen-bond acceptors (Lipinski definition) is 7. The van der Waals surface area contributed by atoms with Gasteiger partial charge in [0.05, 0.1) is 41.0 Å². The number of nitrogens with one attached hydrogen (secondary N) is 3. The van der Waals surface area contributed by atoms with E-state index in [1.54, 1.807) is 19.1 Å². The molecule has 0 aromatic carbocycles. The van der Waals surface area contributed by atoms with Crippen molar-refractivity contribution in [3.8, 4) is 0 Å². The standard InChI is InChI=1S/C38H41N5O9/c1-7-20-16(3)24-12-26-18(5)22(9-10-31(44)41-30(37(49)50)15-33(47)48)35(42-26)23(11-32(45)46)36-34(38(51)52)19(6)27(43-36)14-29-21(8-2)17(4)25(40-29)13-28(20)39-24/h7,12-14,18,22,30,40,43H,1,8-11,15H2,2-6H3,(H,41,44)(H,45,46)(H,47,48)(H,49,50)(H,51,52)/t18?,22-,30?/m1/s1. The Morgan fingerprint density at radius 1 is 0.904 bits per heavy atom. The van der Waals surface area contributed by atoms with Gasteiger partial charge in [-0.3, -0.25) is 19.4 Å². The second kappa shape index (κ2) is 14.7. The fourth-order valence-electron chi connectivity index (χ4n) is 7.18. The lowest BCUT2D eigenvalue weighted by Gasteiger charge is -2.19. The number of carboxylic acid groups (broad SMARTS) is 4. The minimum atomic E-state index is -1.65. The first kappa shape index (κ1) is 37.2. The van der Waals surface area contributed by atoms with Crippen LogP contribution in [0.4, 0.5) is 0 Å². The van der Waals surface area contributed by atoms with Gasteiger partial charge in [-0.1, -0.05) is 26.5 Å². The van der Waals surface area contributed by atoms with Crippen LogP contribution >= 0.6 is 0 Å². The molecular weight excluding hydrogens is 670 g/mol. The smallest absolute Gasteiger partial charge is 0.338 e. The Morgan fingerprint density at radius 3 is 2.19 bits per heavy atom. The largest absolute Gasteiger partial charge is 0.481 e. The van der Waals surface area contributed by atoms with Crippen LogP contribution in [0.15, 0.2) is 30.9 Å². The van der Waals surface area contributed by atoms with Gasteiger partial charge < -0.3 is 35.7 Å². The summed E-state index contributed by atoms with van der Waals surface area (Å²) in [5, 5.41) is 41.5. The molecule has 3 atom stereocenters. The van der Waals surface area contributed by atoms with Gasteiger partial charge in [0.15, 0.2) is 0 Å². The molecule has 1 amide bonds. The highest BCUT2D eigenvalue weighted by Gasteiger charge is 2.34. The van der Waals surface area contributed by atoms with Crippen LogP contribution in [0.2, 0.25) is 0 Å². The maximum Gasteiger partial charge on any atom is 0.338 e. The van der Waals surface area contributed by atoms with Crippen molar-refractivity contribution in [2.45, 2.75) is 84.6 Å². The van der Waals surface area contributed by atoms with E-state index in [2.05, 4.69) is 21.9 Å². The van der Waals surface area contributed by atoms with Gasteiger partial charge in [0.2, 0.25) is 5.91 Å². The normalized spacial score (nSPS) is 16.0. The Labute approximate surface area is 298 Å². The lowest BCUT2D eigenvalue weighted by atomic mass is 9.84. The Morgan fingerprint density at radius 2 is 1.60 bits per heavy atom. The van der Waals surface area contributed by atoms with E-state index in [4.69, 9.17) is 15.1 Å². The first-order chi connectivity index (χ1) is 24.6. The third-order valence-electron chi connectivity index (χ3n) is 9.98. The highest BCUT2D eigenvalue weighted by molar-refractivity contribution is 6.02. The number of fused-ring (bicyclic) bond motifs is 8. The minimum absolute atomic E-state index is 0.0568. The van der Waals surface area contributed by atoms with E-state index in [9.17, 15) is 39.3 Å². The van der Waals surface area contributed by atoms with Crippen LogP contribution in [-0.4, -0.2) is 76.2 Å². The molecule has 14 nitrogen and oxygen atoms in total. The molecule has 5 rings (SSSR count). The summed E-state index contributed by atoms with van der Waals surface area (Å²) in [5.41, 5.74) is 8.21. The molecule has 5 heterocycles. The highest BCUT2D eigenvalue weighted by atomic mass is 16.4. The number of aromatic carboxylic acids is 1. The van der Waals surface area contributed by atoms with Crippen molar-refractivity contribution in [3.05, 3.63) is 81.4 Å². The zero-order valence-electron chi connectivity index (χ0n) is 29.5. The number of nitrogens with zero attached hydrogens (tertiary/aromatic N) is 2. The van der Waals surface area contributed by atoms with Crippen LogP contribution in [0.3, 0.4) is 0 Å². The average molecular weight is 712 g/mol. The Balaban J connectivity index is 1.85. The van der Waals surface area contributed by atoms with E-state index >= 15 is 0 Å². The van der Waals surface area contributed by atoms with Crippen LogP contribution in [0.25, 0.3) is 33.2 Å². The van der Waals surface area contributed by atoms with Gasteiger partial charge in [-0.15, -0.1) is 0 Å². The van der Waals surface area contributed by atoms with Crippen molar-refractivity contribution in [3.63, 3.8) is 0 Å². The summed E-state index contributed by atoms with van der Waals surface area (Å²) in [6, 6.07) is 3.90. The van der Waals surface area contributed by atoms with E-state index in [1.807, 2.05) is 39.8 Å². The van der Waals surface area contributed by atoms with Gasteiger partial charge in [0.25, 0.3) is 0 Å². The summed E-state index contributed by atoms with van der Waals surface area (Å²) in [6.45, 7) is 13.4. The first-order valence-electron chi connectivity index (χ1n) is 16.8. The second-order valence-corrected chi connectivity index (χ2v) is 13.1. The van der Waals surface area contributed by atoms with E-state index in [0.29, 0.717) is 34.6 Å².